The second-order valence-electron chi connectivity index (χ2n) is 4.26. The van der Waals surface area contributed by atoms with Crippen LogP contribution < -0.4 is 5.43 Å². The summed E-state index contributed by atoms with van der Waals surface area (Å²) in [6, 6.07) is 0. The molecule has 0 spiro atoms. The Bertz CT molecular complexity index is 658. The summed E-state index contributed by atoms with van der Waals surface area (Å²) in [7, 11) is 0. The largest absolute Gasteiger partial charge is 0.271 e. The van der Waals surface area contributed by atoms with Crippen molar-refractivity contribution in [1.82, 2.24) is 25.0 Å². The molecular formula is C12H14BrFN6O. The monoisotopic (exact) mass is 356 g/mol. The van der Waals surface area contributed by atoms with E-state index in [0.717, 1.165) is 10.2 Å². The van der Waals surface area contributed by atoms with E-state index >= 15 is 0 Å². The van der Waals surface area contributed by atoms with Gasteiger partial charge in [-0.15, -0.1) is 0 Å². The molecule has 7 nitrogen and oxygen atoms in total. The summed E-state index contributed by atoms with van der Waals surface area (Å²) >= 11 is 3.31. The summed E-state index contributed by atoms with van der Waals surface area (Å²) in [6.45, 7) is 4.06. The summed E-state index contributed by atoms with van der Waals surface area (Å²) in [5.74, 6) is -0.841. The van der Waals surface area contributed by atoms with Crippen LogP contribution in [0, 0.1) is 12.9 Å². The maximum Gasteiger partial charge on any atom is 0.261 e. The van der Waals surface area contributed by atoms with Crippen LogP contribution in [0.3, 0.4) is 0 Å². The number of nitrogens with zero attached hydrogens (tertiary/aromatic N) is 5. The van der Waals surface area contributed by atoms with E-state index in [2.05, 4.69) is 36.7 Å². The zero-order chi connectivity index (χ0) is 15.4. The second-order valence-corrected chi connectivity index (χ2v) is 5.11. The molecule has 112 valence electrons. The number of amides is 1. The first kappa shape index (κ1) is 15.4. The molecule has 0 aliphatic heterocycles. The van der Waals surface area contributed by atoms with Gasteiger partial charge in [0.2, 0.25) is 5.95 Å². The first-order chi connectivity index (χ1) is 10.0. The fourth-order valence-electron chi connectivity index (χ4n) is 1.62. The third-order valence-corrected chi connectivity index (χ3v) is 3.46. The lowest BCUT2D eigenvalue weighted by Crippen LogP contribution is -2.23. The number of halogens is 2. The maximum absolute atomic E-state index is 13.6. The van der Waals surface area contributed by atoms with Gasteiger partial charge in [-0.25, -0.2) is 10.1 Å². The Labute approximate surface area is 129 Å². The lowest BCUT2D eigenvalue weighted by Gasteiger charge is -1.99. The van der Waals surface area contributed by atoms with Gasteiger partial charge in [-0.05, 0) is 29.8 Å². The third kappa shape index (κ3) is 3.75. The molecule has 0 atom stereocenters. The van der Waals surface area contributed by atoms with Crippen LogP contribution in [-0.2, 0) is 17.9 Å². The van der Waals surface area contributed by atoms with E-state index in [1.54, 1.807) is 13.1 Å². The molecule has 2 aromatic rings. The number of hydrazone groups is 1. The van der Waals surface area contributed by atoms with Gasteiger partial charge in [-0.3, -0.25) is 9.48 Å². The zero-order valence-corrected chi connectivity index (χ0v) is 13.1. The molecule has 0 aliphatic carbocycles. The molecule has 2 rings (SSSR count). The maximum atomic E-state index is 13.6. The number of hydrogen-bond acceptors (Lipinski definition) is 4. The van der Waals surface area contributed by atoms with E-state index in [1.165, 1.54) is 21.8 Å². The number of aromatic nitrogens is 4. The van der Waals surface area contributed by atoms with E-state index < -0.39 is 5.95 Å². The fourth-order valence-corrected chi connectivity index (χ4v) is 1.94. The van der Waals surface area contributed by atoms with Crippen molar-refractivity contribution in [2.75, 3.05) is 0 Å². The van der Waals surface area contributed by atoms with Crippen LogP contribution in [0.4, 0.5) is 4.39 Å². The number of carbonyl (C=O) groups excluding carboxylic acids is 1. The molecule has 0 bridgehead atoms. The average molecular weight is 357 g/mol. The predicted octanol–water partition coefficient (Wildman–Crippen LogP) is 1.46. The first-order valence-corrected chi connectivity index (χ1v) is 7.03. The minimum absolute atomic E-state index is 0.0283. The Morgan fingerprint density at radius 2 is 2.38 bits per heavy atom. The Kier molecular flexibility index (Phi) is 4.84. The van der Waals surface area contributed by atoms with E-state index in [4.69, 9.17) is 0 Å². The Morgan fingerprint density at radius 3 is 2.95 bits per heavy atom. The number of aryl methyl sites for hydroxylation is 2. The molecule has 1 amide bonds. The molecule has 0 unspecified atom stereocenters. The molecule has 0 radical (unpaired) electrons. The van der Waals surface area contributed by atoms with Gasteiger partial charge in [-0.1, -0.05) is 0 Å². The van der Waals surface area contributed by atoms with Gasteiger partial charge in [0.25, 0.3) is 5.91 Å². The van der Waals surface area contributed by atoms with Crippen molar-refractivity contribution in [3.63, 3.8) is 0 Å². The summed E-state index contributed by atoms with van der Waals surface area (Å²) in [5.41, 5.74) is 3.32. The van der Waals surface area contributed by atoms with Crippen molar-refractivity contribution in [3.8, 4) is 0 Å². The number of hydrogen-bond donors (Lipinski definition) is 1. The SMILES string of the molecule is CCn1ncc(C=NNC(=O)Cn2cc(Br)c(C)n2)c1F. The summed E-state index contributed by atoms with van der Waals surface area (Å²) in [6.07, 6.45) is 4.27. The molecule has 21 heavy (non-hydrogen) atoms. The highest BCUT2D eigenvalue weighted by atomic mass is 79.9. The number of nitrogens with one attached hydrogen (secondary N) is 1. The van der Waals surface area contributed by atoms with Gasteiger partial charge in [-0.2, -0.15) is 19.7 Å². The van der Waals surface area contributed by atoms with Crippen molar-refractivity contribution >= 4 is 28.1 Å². The topological polar surface area (TPSA) is 77.1 Å². The molecule has 1 N–H and O–H groups in total. The normalized spacial score (nSPS) is 11.2. The van der Waals surface area contributed by atoms with Crippen LogP contribution in [0.15, 0.2) is 22.0 Å². The lowest BCUT2D eigenvalue weighted by atomic mass is 10.4. The molecule has 0 saturated carbocycles. The third-order valence-electron chi connectivity index (χ3n) is 2.69. The van der Waals surface area contributed by atoms with Crippen LogP contribution in [0.1, 0.15) is 18.2 Å². The first-order valence-electron chi connectivity index (χ1n) is 6.24. The number of carbonyl (C=O) groups is 1. The van der Waals surface area contributed by atoms with Gasteiger partial charge in [0.05, 0.1) is 28.1 Å². The quantitative estimate of drug-likeness (QED) is 0.650. The van der Waals surface area contributed by atoms with Crippen LogP contribution in [0.2, 0.25) is 0 Å². The molecule has 0 aliphatic rings. The lowest BCUT2D eigenvalue weighted by molar-refractivity contribution is -0.121. The minimum atomic E-state index is -0.484. The molecule has 2 aromatic heterocycles. The van der Waals surface area contributed by atoms with E-state index in [9.17, 15) is 9.18 Å². The van der Waals surface area contributed by atoms with Crippen LogP contribution >= 0.6 is 15.9 Å². The summed E-state index contributed by atoms with van der Waals surface area (Å²) in [4.78, 5) is 11.7. The van der Waals surface area contributed by atoms with Crippen LogP contribution in [-0.4, -0.2) is 31.7 Å². The van der Waals surface area contributed by atoms with Crippen molar-refractivity contribution in [2.24, 2.45) is 5.10 Å². The Hall–Kier alpha value is -2.03. The molecular weight excluding hydrogens is 343 g/mol. The molecule has 2 heterocycles. The summed E-state index contributed by atoms with van der Waals surface area (Å²) < 4.78 is 17.1. The van der Waals surface area contributed by atoms with Crippen LogP contribution in [0.5, 0.6) is 0 Å². The van der Waals surface area contributed by atoms with Gasteiger partial charge in [0.1, 0.15) is 6.54 Å². The summed E-state index contributed by atoms with van der Waals surface area (Å²) in [5, 5.41) is 11.7. The van der Waals surface area contributed by atoms with E-state index in [1.807, 2.05) is 6.92 Å². The number of rotatable bonds is 5. The highest BCUT2D eigenvalue weighted by Gasteiger charge is 2.08. The van der Waals surface area contributed by atoms with Gasteiger partial charge in [0.15, 0.2) is 0 Å². The van der Waals surface area contributed by atoms with Gasteiger partial charge >= 0.3 is 0 Å². The van der Waals surface area contributed by atoms with Crippen molar-refractivity contribution in [2.45, 2.75) is 26.9 Å². The highest BCUT2D eigenvalue weighted by Crippen LogP contribution is 2.12. The second kappa shape index (κ2) is 6.61. The smallest absolute Gasteiger partial charge is 0.261 e. The van der Waals surface area contributed by atoms with Gasteiger partial charge < -0.3 is 0 Å². The molecule has 0 saturated heterocycles. The van der Waals surface area contributed by atoms with Gasteiger partial charge in [0, 0.05) is 12.7 Å². The standard InChI is InChI=1S/C12H14BrFN6O/c1-3-20-12(14)9(5-16-20)4-15-17-11(21)7-19-6-10(13)8(2)18-19/h4-6H,3,7H2,1-2H3,(H,17,21). The minimum Gasteiger partial charge on any atom is -0.271 e. The molecule has 0 aromatic carbocycles. The fraction of sp³-hybridized carbons (Fsp3) is 0.333. The van der Waals surface area contributed by atoms with E-state index in [0.29, 0.717) is 6.54 Å². The zero-order valence-electron chi connectivity index (χ0n) is 11.5. The van der Waals surface area contributed by atoms with E-state index in [-0.39, 0.29) is 18.0 Å². The highest BCUT2D eigenvalue weighted by molar-refractivity contribution is 9.10. The Balaban J connectivity index is 1.91. The van der Waals surface area contributed by atoms with Crippen molar-refractivity contribution in [1.29, 1.82) is 0 Å². The Morgan fingerprint density at radius 1 is 1.62 bits per heavy atom. The molecule has 9 heteroatoms. The molecule has 0 fully saturated rings. The van der Waals surface area contributed by atoms with Crippen LogP contribution in [0.25, 0.3) is 0 Å². The van der Waals surface area contributed by atoms with Crippen molar-refractivity contribution in [3.05, 3.63) is 34.1 Å². The average Bonchev–Trinajstić information content (AvgIpc) is 2.93. The predicted molar refractivity (Wildman–Crippen MR) is 78.3 cm³/mol. The van der Waals surface area contributed by atoms with Crippen molar-refractivity contribution < 1.29 is 9.18 Å².